The third kappa shape index (κ3) is 2.65. The summed E-state index contributed by atoms with van der Waals surface area (Å²) in [6, 6.07) is 0. The van der Waals surface area contributed by atoms with E-state index in [1.54, 1.807) is 0 Å². The minimum atomic E-state index is 0.311. The predicted molar refractivity (Wildman–Crippen MR) is 58.8 cm³/mol. The highest BCUT2D eigenvalue weighted by Crippen LogP contribution is 2.25. The Morgan fingerprint density at radius 1 is 1.43 bits per heavy atom. The van der Waals surface area contributed by atoms with Crippen LogP contribution in [-0.4, -0.2) is 41.3 Å². The first-order valence-electron chi connectivity index (χ1n) is 4.58. The third-order valence-corrected chi connectivity index (χ3v) is 3.56. The number of halogens is 1. The van der Waals surface area contributed by atoms with Gasteiger partial charge < -0.3 is 9.64 Å². The maximum absolute atomic E-state index is 5.71. The molecule has 1 aromatic heterocycles. The molecular weight excluding hydrogens is 266 g/mol. The second-order valence-electron chi connectivity index (χ2n) is 3.44. The van der Waals surface area contributed by atoms with Gasteiger partial charge in [-0.1, -0.05) is 5.10 Å². The summed E-state index contributed by atoms with van der Waals surface area (Å²) in [5.74, 6) is 0. The van der Waals surface area contributed by atoms with Crippen LogP contribution in [0.2, 0.25) is 0 Å². The molecule has 0 radical (unpaired) electrons. The van der Waals surface area contributed by atoms with Gasteiger partial charge in [0.05, 0.1) is 0 Å². The fourth-order valence-corrected chi connectivity index (χ4v) is 2.47. The molecular formula is C8H12BrN3OS. The zero-order valence-electron chi connectivity index (χ0n) is 7.94. The van der Waals surface area contributed by atoms with Crippen molar-refractivity contribution in [3.8, 4) is 5.19 Å². The van der Waals surface area contributed by atoms with Crippen LogP contribution in [-0.2, 0) is 0 Å². The molecule has 6 heteroatoms. The first-order valence-corrected chi connectivity index (χ1v) is 6.19. The molecule has 1 aromatic rings. The standard InChI is InChI=1S/C8H12BrN3OS/c1-12-4-2-6(3-5-12)13-8-11-10-7(9)14-8/h6H,2-5H2,1H3. The van der Waals surface area contributed by atoms with Crippen molar-refractivity contribution in [2.75, 3.05) is 20.1 Å². The zero-order valence-corrected chi connectivity index (χ0v) is 10.3. The van der Waals surface area contributed by atoms with Crippen LogP contribution in [0.15, 0.2) is 3.92 Å². The molecule has 0 saturated carbocycles. The number of hydrogen-bond acceptors (Lipinski definition) is 5. The summed E-state index contributed by atoms with van der Waals surface area (Å²) in [6.45, 7) is 2.20. The SMILES string of the molecule is CN1CCC(Oc2nnc(Br)s2)CC1. The van der Waals surface area contributed by atoms with Crippen LogP contribution in [0.5, 0.6) is 5.19 Å². The smallest absolute Gasteiger partial charge is 0.295 e. The summed E-state index contributed by atoms with van der Waals surface area (Å²) in [5.41, 5.74) is 0. The van der Waals surface area contributed by atoms with Crippen LogP contribution in [0.25, 0.3) is 0 Å². The van der Waals surface area contributed by atoms with Crippen molar-refractivity contribution >= 4 is 27.3 Å². The molecule has 1 fully saturated rings. The van der Waals surface area contributed by atoms with Gasteiger partial charge in [-0.2, -0.15) is 0 Å². The fourth-order valence-electron chi connectivity index (χ4n) is 1.49. The summed E-state index contributed by atoms with van der Waals surface area (Å²) in [6.07, 6.45) is 2.47. The third-order valence-electron chi connectivity index (χ3n) is 2.31. The summed E-state index contributed by atoms with van der Waals surface area (Å²) in [4.78, 5) is 2.32. The highest BCUT2D eigenvalue weighted by molar-refractivity contribution is 9.11. The highest BCUT2D eigenvalue weighted by atomic mass is 79.9. The number of piperidine rings is 1. The summed E-state index contributed by atoms with van der Waals surface area (Å²) < 4.78 is 6.49. The Morgan fingerprint density at radius 3 is 2.71 bits per heavy atom. The Kier molecular flexibility index (Phi) is 3.35. The Balaban J connectivity index is 1.86. The lowest BCUT2D eigenvalue weighted by atomic mass is 10.1. The van der Waals surface area contributed by atoms with Crippen molar-refractivity contribution < 1.29 is 4.74 Å². The number of aromatic nitrogens is 2. The lowest BCUT2D eigenvalue weighted by Gasteiger charge is -2.28. The topological polar surface area (TPSA) is 38.2 Å². The predicted octanol–water partition coefficient (Wildman–Crippen LogP) is 1.77. The van der Waals surface area contributed by atoms with Crippen LogP contribution in [0.3, 0.4) is 0 Å². The van der Waals surface area contributed by atoms with E-state index in [0.29, 0.717) is 11.3 Å². The second-order valence-corrected chi connectivity index (χ2v) is 5.66. The van der Waals surface area contributed by atoms with E-state index in [4.69, 9.17) is 4.74 Å². The lowest BCUT2D eigenvalue weighted by molar-refractivity contribution is 0.113. The molecule has 2 heterocycles. The molecule has 0 aromatic carbocycles. The van der Waals surface area contributed by atoms with Crippen LogP contribution in [0.1, 0.15) is 12.8 Å². The van der Waals surface area contributed by atoms with Crippen LogP contribution < -0.4 is 4.74 Å². The Bertz CT molecular complexity index is 299. The summed E-state index contributed by atoms with van der Waals surface area (Å²) in [5, 5.41) is 8.43. The van der Waals surface area contributed by atoms with Crippen LogP contribution in [0, 0.1) is 0 Å². The molecule has 0 N–H and O–H groups in total. The first-order chi connectivity index (χ1) is 6.74. The molecule has 14 heavy (non-hydrogen) atoms. The van der Waals surface area contributed by atoms with Gasteiger partial charge in [-0.05, 0) is 47.2 Å². The molecule has 4 nitrogen and oxygen atoms in total. The number of nitrogens with zero attached hydrogens (tertiary/aromatic N) is 3. The van der Waals surface area contributed by atoms with Crippen molar-refractivity contribution in [1.29, 1.82) is 0 Å². The van der Waals surface area contributed by atoms with Crippen molar-refractivity contribution in [2.24, 2.45) is 0 Å². The highest BCUT2D eigenvalue weighted by Gasteiger charge is 2.19. The fraction of sp³-hybridized carbons (Fsp3) is 0.750. The van der Waals surface area contributed by atoms with Crippen molar-refractivity contribution in [3.63, 3.8) is 0 Å². The molecule has 0 aliphatic carbocycles. The minimum Gasteiger partial charge on any atom is -0.466 e. The Morgan fingerprint density at radius 2 is 2.14 bits per heavy atom. The normalized spacial score (nSPS) is 19.9. The van der Waals surface area contributed by atoms with E-state index in [0.717, 1.165) is 29.8 Å². The van der Waals surface area contributed by atoms with Gasteiger partial charge in [0.1, 0.15) is 6.10 Å². The zero-order chi connectivity index (χ0) is 9.97. The molecule has 1 aliphatic heterocycles. The molecule has 78 valence electrons. The second kappa shape index (κ2) is 4.55. The Labute approximate surface area is 95.4 Å². The van der Waals surface area contributed by atoms with Gasteiger partial charge in [-0.3, -0.25) is 0 Å². The van der Waals surface area contributed by atoms with E-state index >= 15 is 0 Å². The largest absolute Gasteiger partial charge is 0.466 e. The molecule has 0 spiro atoms. The van der Waals surface area contributed by atoms with Crippen molar-refractivity contribution in [1.82, 2.24) is 15.1 Å². The van der Waals surface area contributed by atoms with Gasteiger partial charge in [-0.25, -0.2) is 0 Å². The van der Waals surface area contributed by atoms with E-state index in [2.05, 4.69) is 38.1 Å². The number of likely N-dealkylation sites (tertiary alicyclic amines) is 1. The maximum Gasteiger partial charge on any atom is 0.295 e. The van der Waals surface area contributed by atoms with Gasteiger partial charge in [0.2, 0.25) is 0 Å². The van der Waals surface area contributed by atoms with Gasteiger partial charge in [0, 0.05) is 13.1 Å². The first kappa shape index (κ1) is 10.3. The molecule has 1 saturated heterocycles. The van der Waals surface area contributed by atoms with Gasteiger partial charge in [-0.15, -0.1) is 5.10 Å². The molecule has 0 atom stereocenters. The van der Waals surface area contributed by atoms with E-state index in [1.165, 1.54) is 11.3 Å². The molecule has 0 amide bonds. The van der Waals surface area contributed by atoms with E-state index < -0.39 is 0 Å². The average molecular weight is 278 g/mol. The van der Waals surface area contributed by atoms with Gasteiger partial charge >= 0.3 is 0 Å². The number of ether oxygens (including phenoxy) is 1. The van der Waals surface area contributed by atoms with E-state index in [9.17, 15) is 0 Å². The molecule has 2 rings (SSSR count). The minimum absolute atomic E-state index is 0.311. The van der Waals surface area contributed by atoms with E-state index in [-0.39, 0.29) is 0 Å². The van der Waals surface area contributed by atoms with Crippen molar-refractivity contribution in [3.05, 3.63) is 3.92 Å². The molecule has 1 aliphatic rings. The maximum atomic E-state index is 5.71. The molecule has 0 unspecified atom stereocenters. The summed E-state index contributed by atoms with van der Waals surface area (Å²) >= 11 is 4.70. The average Bonchev–Trinajstić information content (AvgIpc) is 2.56. The Hall–Kier alpha value is -0.200. The number of rotatable bonds is 2. The van der Waals surface area contributed by atoms with Crippen molar-refractivity contribution in [2.45, 2.75) is 18.9 Å². The van der Waals surface area contributed by atoms with Crippen LogP contribution >= 0.6 is 27.3 Å². The molecule has 0 bridgehead atoms. The van der Waals surface area contributed by atoms with Gasteiger partial charge in [0.25, 0.3) is 5.19 Å². The monoisotopic (exact) mass is 277 g/mol. The summed E-state index contributed by atoms with van der Waals surface area (Å²) in [7, 11) is 2.14. The van der Waals surface area contributed by atoms with Gasteiger partial charge in [0.15, 0.2) is 3.92 Å². The lowest BCUT2D eigenvalue weighted by Crippen LogP contribution is -2.35. The number of hydrogen-bond donors (Lipinski definition) is 0. The van der Waals surface area contributed by atoms with Crippen LogP contribution in [0.4, 0.5) is 0 Å². The quantitative estimate of drug-likeness (QED) is 0.826. The van der Waals surface area contributed by atoms with E-state index in [1.807, 2.05) is 0 Å².